The van der Waals surface area contributed by atoms with E-state index in [0.29, 0.717) is 29.6 Å². The van der Waals surface area contributed by atoms with Crippen molar-refractivity contribution in [2.75, 3.05) is 26.2 Å². The Hall–Kier alpha value is -3.26. The number of amides is 1. The Bertz CT molecular complexity index is 1330. The normalized spacial score (nSPS) is 19.2. The van der Waals surface area contributed by atoms with E-state index < -0.39 is 17.1 Å². The van der Waals surface area contributed by atoms with Crippen LogP contribution >= 0.6 is 0 Å². The molecule has 3 aromatic rings. The van der Waals surface area contributed by atoms with Crippen molar-refractivity contribution in [1.82, 2.24) is 19.4 Å². The number of fused-ring (bicyclic) bond motifs is 1. The molecular formula is C25H27FN4O3. The standard InChI is InChI=1S/C25H27FN4O3/c1-16-13-29(11-10-28(16)14-17-6-7-17)24(32)20-12-18(8-9-21(20)26)15-30-22-5-3-2-4-19(22)23(31)27-25(30)33/h2-5,8-9,12,16-17H,6-7,10-11,13-15H2,1H3,(H,27,31,33)/t16-/m0/s1. The lowest BCUT2D eigenvalue weighted by molar-refractivity contribution is 0.0499. The van der Waals surface area contributed by atoms with Crippen LogP contribution in [0.1, 0.15) is 35.7 Å². The molecule has 5 rings (SSSR count). The van der Waals surface area contributed by atoms with Crippen LogP contribution in [0.2, 0.25) is 0 Å². The SMILES string of the molecule is C[C@H]1CN(C(=O)c2cc(Cn3c(=O)[nH]c(=O)c4ccccc43)ccc2F)CCN1CC1CC1. The molecule has 2 heterocycles. The van der Waals surface area contributed by atoms with Crippen molar-refractivity contribution in [2.45, 2.75) is 32.4 Å². The van der Waals surface area contributed by atoms with Gasteiger partial charge in [0.2, 0.25) is 0 Å². The minimum absolute atomic E-state index is 0.0112. The molecule has 2 aromatic carbocycles. The number of carbonyl (C=O) groups excluding carboxylic acids is 1. The molecule has 2 fully saturated rings. The van der Waals surface area contributed by atoms with Gasteiger partial charge in [0.25, 0.3) is 11.5 Å². The zero-order valence-corrected chi connectivity index (χ0v) is 18.6. The molecule has 8 heteroatoms. The van der Waals surface area contributed by atoms with E-state index in [1.807, 2.05) is 0 Å². The first-order chi connectivity index (χ1) is 15.9. The smallest absolute Gasteiger partial charge is 0.329 e. The van der Waals surface area contributed by atoms with Gasteiger partial charge in [0.05, 0.1) is 23.0 Å². The summed E-state index contributed by atoms with van der Waals surface area (Å²) in [6.07, 6.45) is 2.58. The number of hydrogen-bond acceptors (Lipinski definition) is 4. The first-order valence-corrected chi connectivity index (χ1v) is 11.4. The first kappa shape index (κ1) is 21.6. The van der Waals surface area contributed by atoms with Gasteiger partial charge < -0.3 is 4.90 Å². The summed E-state index contributed by atoms with van der Waals surface area (Å²) >= 11 is 0. The van der Waals surface area contributed by atoms with Crippen LogP contribution in [0.5, 0.6) is 0 Å². The highest BCUT2D eigenvalue weighted by atomic mass is 19.1. The minimum atomic E-state index is -0.574. The number of aromatic nitrogens is 2. The van der Waals surface area contributed by atoms with E-state index in [0.717, 1.165) is 19.0 Å². The van der Waals surface area contributed by atoms with Crippen LogP contribution in [-0.2, 0) is 6.54 Å². The molecule has 1 atom stereocenters. The lowest BCUT2D eigenvalue weighted by Crippen LogP contribution is -2.54. The Kier molecular flexibility index (Phi) is 5.62. The molecule has 0 unspecified atom stereocenters. The third-order valence-corrected chi connectivity index (χ3v) is 6.75. The highest BCUT2D eigenvalue weighted by Gasteiger charge is 2.32. The fourth-order valence-electron chi connectivity index (χ4n) is 4.67. The molecule has 172 valence electrons. The molecule has 0 bridgehead atoms. The molecule has 1 aliphatic carbocycles. The monoisotopic (exact) mass is 450 g/mol. The molecule has 0 spiro atoms. The third-order valence-electron chi connectivity index (χ3n) is 6.75. The van der Waals surface area contributed by atoms with E-state index in [1.165, 1.54) is 29.5 Å². The number of para-hydroxylation sites is 1. The summed E-state index contributed by atoms with van der Waals surface area (Å²) in [7, 11) is 0. The highest BCUT2D eigenvalue weighted by molar-refractivity contribution is 5.94. The third kappa shape index (κ3) is 4.35. The predicted molar refractivity (Wildman–Crippen MR) is 124 cm³/mol. The molecule has 7 nitrogen and oxygen atoms in total. The molecule has 1 saturated heterocycles. The number of halogens is 1. The van der Waals surface area contributed by atoms with Gasteiger partial charge >= 0.3 is 5.69 Å². The largest absolute Gasteiger partial charge is 0.336 e. The van der Waals surface area contributed by atoms with Gasteiger partial charge in [0.1, 0.15) is 5.82 Å². The van der Waals surface area contributed by atoms with Crippen LogP contribution in [0.3, 0.4) is 0 Å². The van der Waals surface area contributed by atoms with Gasteiger partial charge in [-0.15, -0.1) is 0 Å². The number of H-pyrrole nitrogens is 1. The van der Waals surface area contributed by atoms with Crippen molar-refractivity contribution in [3.63, 3.8) is 0 Å². The highest BCUT2D eigenvalue weighted by Crippen LogP contribution is 2.31. The fourth-order valence-corrected chi connectivity index (χ4v) is 4.67. The molecule has 1 aromatic heterocycles. The molecule has 1 amide bonds. The second-order valence-electron chi connectivity index (χ2n) is 9.22. The van der Waals surface area contributed by atoms with Gasteiger partial charge in [0.15, 0.2) is 0 Å². The van der Waals surface area contributed by atoms with Crippen molar-refractivity contribution in [2.24, 2.45) is 5.92 Å². The maximum absolute atomic E-state index is 14.7. The second-order valence-corrected chi connectivity index (χ2v) is 9.22. The fraction of sp³-hybridized carbons (Fsp3) is 0.400. The summed E-state index contributed by atoms with van der Waals surface area (Å²) in [6.45, 7) is 5.24. The van der Waals surface area contributed by atoms with Crippen LogP contribution in [0.4, 0.5) is 4.39 Å². The van der Waals surface area contributed by atoms with E-state index in [4.69, 9.17) is 0 Å². The first-order valence-electron chi connectivity index (χ1n) is 11.4. The number of benzene rings is 2. The Morgan fingerprint density at radius 1 is 1.12 bits per heavy atom. The van der Waals surface area contributed by atoms with Gasteiger partial charge in [-0.25, -0.2) is 9.18 Å². The van der Waals surface area contributed by atoms with E-state index in [2.05, 4.69) is 16.8 Å². The van der Waals surface area contributed by atoms with E-state index >= 15 is 0 Å². The van der Waals surface area contributed by atoms with Crippen LogP contribution in [0.25, 0.3) is 10.9 Å². The zero-order chi connectivity index (χ0) is 23.1. The molecule has 0 radical (unpaired) electrons. The topological polar surface area (TPSA) is 78.4 Å². The summed E-state index contributed by atoms with van der Waals surface area (Å²) in [5, 5.41) is 0.397. The summed E-state index contributed by atoms with van der Waals surface area (Å²) in [5.74, 6) is -0.113. The van der Waals surface area contributed by atoms with Crippen LogP contribution < -0.4 is 11.2 Å². The predicted octanol–water partition coefficient (Wildman–Crippen LogP) is 2.43. The van der Waals surface area contributed by atoms with Crippen molar-refractivity contribution >= 4 is 16.8 Å². The maximum Gasteiger partial charge on any atom is 0.329 e. The number of carbonyl (C=O) groups is 1. The van der Waals surface area contributed by atoms with Gasteiger partial charge in [-0.2, -0.15) is 0 Å². The van der Waals surface area contributed by atoms with Crippen LogP contribution in [-0.4, -0.2) is 57.5 Å². The molecule has 1 N–H and O–H groups in total. The Labute approximate surface area is 190 Å². The Morgan fingerprint density at radius 3 is 2.67 bits per heavy atom. The molecule has 33 heavy (non-hydrogen) atoms. The molecule has 1 aliphatic heterocycles. The Morgan fingerprint density at radius 2 is 1.91 bits per heavy atom. The van der Waals surface area contributed by atoms with Crippen LogP contribution in [0.15, 0.2) is 52.1 Å². The Balaban J connectivity index is 1.39. The van der Waals surface area contributed by atoms with E-state index in [1.54, 1.807) is 35.2 Å². The maximum atomic E-state index is 14.7. The van der Waals surface area contributed by atoms with Crippen molar-refractivity contribution in [3.8, 4) is 0 Å². The molecule has 1 saturated carbocycles. The quantitative estimate of drug-likeness (QED) is 0.648. The van der Waals surface area contributed by atoms with Gasteiger partial charge in [0, 0.05) is 32.2 Å². The summed E-state index contributed by atoms with van der Waals surface area (Å²) in [6, 6.07) is 11.4. The lowest BCUT2D eigenvalue weighted by Gasteiger charge is -2.40. The summed E-state index contributed by atoms with van der Waals surface area (Å²) in [4.78, 5) is 44.3. The summed E-state index contributed by atoms with van der Waals surface area (Å²) in [5.41, 5.74) is 0.119. The van der Waals surface area contributed by atoms with E-state index in [-0.39, 0.29) is 24.1 Å². The average molecular weight is 451 g/mol. The number of nitrogens with one attached hydrogen (secondary N) is 1. The van der Waals surface area contributed by atoms with Gasteiger partial charge in [-0.1, -0.05) is 18.2 Å². The second kappa shape index (κ2) is 8.59. The number of piperazine rings is 1. The number of nitrogens with zero attached hydrogens (tertiary/aromatic N) is 3. The lowest BCUT2D eigenvalue weighted by atomic mass is 10.1. The molecular weight excluding hydrogens is 423 g/mol. The number of aromatic amines is 1. The number of rotatable bonds is 5. The van der Waals surface area contributed by atoms with Crippen molar-refractivity contribution in [1.29, 1.82) is 0 Å². The van der Waals surface area contributed by atoms with Crippen molar-refractivity contribution in [3.05, 3.63) is 80.2 Å². The van der Waals surface area contributed by atoms with Gasteiger partial charge in [-0.3, -0.25) is 24.0 Å². The minimum Gasteiger partial charge on any atom is -0.336 e. The molecule has 2 aliphatic rings. The zero-order valence-electron chi connectivity index (χ0n) is 18.6. The van der Waals surface area contributed by atoms with Crippen molar-refractivity contribution < 1.29 is 9.18 Å². The van der Waals surface area contributed by atoms with E-state index in [9.17, 15) is 18.8 Å². The summed E-state index contributed by atoms with van der Waals surface area (Å²) < 4.78 is 16.1. The average Bonchev–Trinajstić information content (AvgIpc) is 3.63. The van der Waals surface area contributed by atoms with Gasteiger partial charge in [-0.05, 0) is 55.5 Å². The van der Waals surface area contributed by atoms with Crippen LogP contribution in [0, 0.1) is 11.7 Å². The number of hydrogen-bond donors (Lipinski definition) is 1.